The Morgan fingerprint density at radius 2 is 2.17 bits per heavy atom. The second-order valence-corrected chi connectivity index (χ2v) is 8.31. The maximum atomic E-state index is 12.3. The van der Waals surface area contributed by atoms with Crippen LogP contribution in [0.5, 0.6) is 0 Å². The minimum atomic E-state index is -3.04. The van der Waals surface area contributed by atoms with E-state index in [1.165, 1.54) is 0 Å². The molecule has 2 aromatic rings. The molecule has 1 fully saturated rings. The van der Waals surface area contributed by atoms with Crippen LogP contribution in [-0.4, -0.2) is 55.6 Å². The number of hydrogen-bond acceptors (Lipinski definition) is 8. The summed E-state index contributed by atoms with van der Waals surface area (Å²) in [6.07, 6.45) is 0.435. The van der Waals surface area contributed by atoms with Gasteiger partial charge in [0.25, 0.3) is 5.91 Å². The summed E-state index contributed by atoms with van der Waals surface area (Å²) in [5.74, 6) is -0.307. The average molecular weight is 356 g/mol. The van der Waals surface area contributed by atoms with Crippen LogP contribution in [0.15, 0.2) is 0 Å². The summed E-state index contributed by atoms with van der Waals surface area (Å²) >= 11 is 1.13. The Labute approximate surface area is 137 Å². The molecule has 9 nitrogen and oxygen atoms in total. The average Bonchev–Trinajstić information content (AvgIpc) is 3.13. The lowest BCUT2D eigenvalue weighted by Crippen LogP contribution is -2.36. The van der Waals surface area contributed by atoms with Gasteiger partial charge in [0.1, 0.15) is 0 Å². The fourth-order valence-electron chi connectivity index (χ4n) is 2.42. The topological polar surface area (TPSA) is 120 Å². The molecule has 3 rings (SSSR count). The number of aryl methyl sites for hydroxylation is 1. The van der Waals surface area contributed by atoms with Crippen molar-refractivity contribution in [3.05, 3.63) is 22.8 Å². The van der Waals surface area contributed by atoms with E-state index in [2.05, 4.69) is 24.4 Å². The second-order valence-electron chi connectivity index (χ2n) is 5.55. The number of nitrogens with zero attached hydrogens (tertiary/aromatic N) is 5. The van der Waals surface area contributed by atoms with Crippen molar-refractivity contribution in [2.24, 2.45) is 0 Å². The third kappa shape index (κ3) is 3.39. The summed E-state index contributed by atoms with van der Waals surface area (Å²) < 4.78 is 32.8. The Hall–Kier alpha value is -1.88. The van der Waals surface area contributed by atoms with E-state index in [4.69, 9.17) is 0 Å². The smallest absolute Gasteiger partial charge is 0.273 e. The molecule has 0 spiro atoms. The molecule has 1 atom stereocenters. The van der Waals surface area contributed by atoms with Crippen molar-refractivity contribution < 1.29 is 13.2 Å². The SMILES string of the molecule is Cc1nsnc1Cn1nnc(C(=O)NC2CCS(=O)(=O)C2)c1C. The molecule has 0 saturated carbocycles. The molecule has 1 saturated heterocycles. The monoisotopic (exact) mass is 356 g/mol. The lowest BCUT2D eigenvalue weighted by molar-refractivity contribution is 0.0935. The third-order valence-electron chi connectivity index (χ3n) is 3.81. The number of nitrogens with one attached hydrogen (secondary N) is 1. The number of carbonyl (C=O) groups excluding carboxylic acids is 1. The molecular formula is C12H16N6O3S2. The standard InChI is InChI=1S/C12H16N6O3S2/c1-7-10(16-22-15-7)5-18-8(2)11(14-17-18)12(19)13-9-3-4-23(20,21)6-9/h9H,3-6H2,1-2H3,(H,13,19). The molecule has 0 aromatic carbocycles. The quantitative estimate of drug-likeness (QED) is 0.799. The molecule has 0 radical (unpaired) electrons. The number of hydrogen-bond donors (Lipinski definition) is 1. The fourth-order valence-corrected chi connectivity index (χ4v) is 4.65. The minimum Gasteiger partial charge on any atom is -0.347 e. The summed E-state index contributed by atoms with van der Waals surface area (Å²) in [5, 5.41) is 10.6. The van der Waals surface area contributed by atoms with Crippen LogP contribution >= 0.6 is 11.7 Å². The number of carbonyl (C=O) groups is 1. The minimum absolute atomic E-state index is 0.0182. The molecule has 0 aliphatic carbocycles. The summed E-state index contributed by atoms with van der Waals surface area (Å²) in [6.45, 7) is 4.00. The van der Waals surface area contributed by atoms with E-state index in [0.717, 1.165) is 23.1 Å². The number of rotatable bonds is 4. The molecule has 1 aliphatic rings. The van der Waals surface area contributed by atoms with Crippen molar-refractivity contribution in [1.82, 2.24) is 29.1 Å². The number of amides is 1. The van der Waals surface area contributed by atoms with Crippen molar-refractivity contribution in [2.45, 2.75) is 32.9 Å². The van der Waals surface area contributed by atoms with Crippen molar-refractivity contribution in [2.75, 3.05) is 11.5 Å². The second kappa shape index (κ2) is 5.96. The third-order valence-corrected chi connectivity index (χ3v) is 6.24. The highest BCUT2D eigenvalue weighted by Crippen LogP contribution is 2.13. The summed E-state index contributed by atoms with van der Waals surface area (Å²) in [6, 6.07) is -0.359. The van der Waals surface area contributed by atoms with Crippen LogP contribution in [0.4, 0.5) is 0 Å². The largest absolute Gasteiger partial charge is 0.347 e. The molecule has 11 heteroatoms. The first-order valence-electron chi connectivity index (χ1n) is 7.05. The summed E-state index contributed by atoms with van der Waals surface area (Å²) in [5.41, 5.74) is 2.43. The predicted molar refractivity (Wildman–Crippen MR) is 83.0 cm³/mol. The van der Waals surface area contributed by atoms with Crippen LogP contribution in [-0.2, 0) is 16.4 Å². The highest BCUT2D eigenvalue weighted by atomic mass is 32.2. The van der Waals surface area contributed by atoms with Crippen LogP contribution < -0.4 is 5.32 Å². The Morgan fingerprint density at radius 3 is 2.78 bits per heavy atom. The van der Waals surface area contributed by atoms with E-state index in [0.29, 0.717) is 18.7 Å². The van der Waals surface area contributed by atoms with Gasteiger partial charge >= 0.3 is 0 Å². The van der Waals surface area contributed by atoms with E-state index in [1.807, 2.05) is 6.92 Å². The molecule has 1 unspecified atom stereocenters. The molecule has 1 amide bonds. The molecule has 23 heavy (non-hydrogen) atoms. The van der Waals surface area contributed by atoms with Crippen LogP contribution in [0, 0.1) is 13.8 Å². The Morgan fingerprint density at radius 1 is 1.39 bits per heavy atom. The predicted octanol–water partition coefficient (Wildman–Crippen LogP) is -0.288. The van der Waals surface area contributed by atoms with E-state index in [9.17, 15) is 13.2 Å². The fraction of sp³-hybridized carbons (Fsp3) is 0.583. The lowest BCUT2D eigenvalue weighted by atomic mass is 10.2. The zero-order valence-corrected chi connectivity index (χ0v) is 14.3. The summed E-state index contributed by atoms with van der Waals surface area (Å²) in [4.78, 5) is 12.3. The van der Waals surface area contributed by atoms with Gasteiger partial charge in [-0.15, -0.1) is 5.10 Å². The summed E-state index contributed by atoms with van der Waals surface area (Å²) in [7, 11) is -3.04. The van der Waals surface area contributed by atoms with E-state index < -0.39 is 15.7 Å². The normalized spacial score (nSPS) is 19.8. The van der Waals surface area contributed by atoms with Gasteiger partial charge in [-0.3, -0.25) is 4.79 Å². The van der Waals surface area contributed by atoms with Gasteiger partial charge in [0.05, 0.1) is 46.9 Å². The molecule has 2 aromatic heterocycles. The maximum Gasteiger partial charge on any atom is 0.273 e. The first kappa shape index (κ1) is 16.0. The number of sulfone groups is 1. The van der Waals surface area contributed by atoms with Crippen molar-refractivity contribution in [3.63, 3.8) is 0 Å². The van der Waals surface area contributed by atoms with Crippen LogP contribution in [0.25, 0.3) is 0 Å². The van der Waals surface area contributed by atoms with E-state index in [1.54, 1.807) is 11.6 Å². The van der Waals surface area contributed by atoms with Gasteiger partial charge in [-0.25, -0.2) is 13.1 Å². The van der Waals surface area contributed by atoms with Crippen LogP contribution in [0.1, 0.15) is 34.0 Å². The van der Waals surface area contributed by atoms with Crippen molar-refractivity contribution >= 4 is 27.5 Å². The Balaban J connectivity index is 1.71. The molecule has 1 N–H and O–H groups in total. The zero-order valence-electron chi connectivity index (χ0n) is 12.7. The van der Waals surface area contributed by atoms with E-state index >= 15 is 0 Å². The highest BCUT2D eigenvalue weighted by Gasteiger charge is 2.30. The molecule has 0 bridgehead atoms. The zero-order chi connectivity index (χ0) is 16.6. The van der Waals surface area contributed by atoms with Crippen molar-refractivity contribution in [1.29, 1.82) is 0 Å². The first-order chi connectivity index (χ1) is 10.9. The van der Waals surface area contributed by atoms with Crippen LogP contribution in [0.3, 0.4) is 0 Å². The molecular weight excluding hydrogens is 340 g/mol. The van der Waals surface area contributed by atoms with Crippen LogP contribution in [0.2, 0.25) is 0 Å². The van der Waals surface area contributed by atoms with E-state index in [-0.39, 0.29) is 23.2 Å². The Kier molecular flexibility index (Phi) is 4.15. The van der Waals surface area contributed by atoms with Crippen molar-refractivity contribution in [3.8, 4) is 0 Å². The van der Waals surface area contributed by atoms with Gasteiger partial charge in [0.15, 0.2) is 15.5 Å². The number of aromatic nitrogens is 5. The molecule has 124 valence electrons. The molecule has 1 aliphatic heterocycles. The molecule has 3 heterocycles. The van der Waals surface area contributed by atoms with Gasteiger partial charge in [-0.2, -0.15) is 8.75 Å². The Bertz CT molecular complexity index is 841. The first-order valence-corrected chi connectivity index (χ1v) is 9.60. The maximum absolute atomic E-state index is 12.3. The van der Waals surface area contributed by atoms with Gasteiger partial charge in [-0.05, 0) is 20.3 Å². The van der Waals surface area contributed by atoms with Gasteiger partial charge in [0.2, 0.25) is 0 Å². The van der Waals surface area contributed by atoms with Gasteiger partial charge in [-0.1, -0.05) is 5.21 Å². The van der Waals surface area contributed by atoms with Gasteiger partial charge in [0, 0.05) is 6.04 Å². The lowest BCUT2D eigenvalue weighted by Gasteiger charge is -2.09. The van der Waals surface area contributed by atoms with Gasteiger partial charge < -0.3 is 5.32 Å². The highest BCUT2D eigenvalue weighted by molar-refractivity contribution is 7.91.